The first-order valence-corrected chi connectivity index (χ1v) is 9.84. The van der Waals surface area contributed by atoms with Gasteiger partial charge in [0, 0.05) is 58.0 Å². The topological polar surface area (TPSA) is 60.0 Å². The Kier molecular flexibility index (Phi) is 5.59. The second kappa shape index (κ2) is 8.46. The Labute approximate surface area is 169 Å². The molecule has 0 spiro atoms. The van der Waals surface area contributed by atoms with Crippen LogP contribution in [0.2, 0.25) is 0 Å². The summed E-state index contributed by atoms with van der Waals surface area (Å²) >= 11 is 0. The van der Waals surface area contributed by atoms with E-state index in [4.69, 9.17) is 0 Å². The SMILES string of the molecule is O=CN1CCN(C(=O)c2ccc(N3CCN(c4ccc(F)cc4)CC3)cn2)CC1. The Balaban J connectivity index is 1.33. The van der Waals surface area contributed by atoms with E-state index in [9.17, 15) is 14.0 Å². The van der Waals surface area contributed by atoms with Crippen molar-refractivity contribution < 1.29 is 14.0 Å². The largest absolute Gasteiger partial charge is 0.368 e. The fraction of sp³-hybridized carbons (Fsp3) is 0.381. The van der Waals surface area contributed by atoms with Gasteiger partial charge in [-0.2, -0.15) is 0 Å². The van der Waals surface area contributed by atoms with Gasteiger partial charge in [-0.3, -0.25) is 9.59 Å². The van der Waals surface area contributed by atoms with E-state index in [1.807, 2.05) is 18.2 Å². The highest BCUT2D eigenvalue weighted by atomic mass is 19.1. The maximum absolute atomic E-state index is 13.1. The van der Waals surface area contributed by atoms with E-state index in [0.29, 0.717) is 31.9 Å². The number of nitrogens with zero attached hydrogens (tertiary/aromatic N) is 5. The number of pyridine rings is 1. The molecule has 4 rings (SSSR count). The van der Waals surface area contributed by atoms with E-state index < -0.39 is 0 Å². The van der Waals surface area contributed by atoms with E-state index in [0.717, 1.165) is 44.0 Å². The van der Waals surface area contributed by atoms with Crippen molar-refractivity contribution in [2.24, 2.45) is 0 Å². The number of aromatic nitrogens is 1. The second-order valence-electron chi connectivity index (χ2n) is 7.29. The summed E-state index contributed by atoms with van der Waals surface area (Å²) in [6, 6.07) is 10.3. The van der Waals surface area contributed by atoms with Gasteiger partial charge in [-0.15, -0.1) is 0 Å². The van der Waals surface area contributed by atoms with Crippen LogP contribution in [0.25, 0.3) is 0 Å². The normalized spacial score (nSPS) is 17.4. The maximum atomic E-state index is 13.1. The van der Waals surface area contributed by atoms with Crippen LogP contribution in [0.15, 0.2) is 42.6 Å². The van der Waals surface area contributed by atoms with Gasteiger partial charge < -0.3 is 19.6 Å². The Bertz CT molecular complexity index is 842. The minimum atomic E-state index is -0.223. The van der Waals surface area contributed by atoms with Crippen LogP contribution >= 0.6 is 0 Å². The summed E-state index contributed by atoms with van der Waals surface area (Å²) in [5.41, 5.74) is 2.45. The van der Waals surface area contributed by atoms with Crippen molar-refractivity contribution in [1.82, 2.24) is 14.8 Å². The smallest absolute Gasteiger partial charge is 0.272 e. The highest BCUT2D eigenvalue weighted by molar-refractivity contribution is 5.92. The zero-order valence-corrected chi connectivity index (χ0v) is 16.2. The number of carbonyl (C=O) groups is 2. The van der Waals surface area contributed by atoms with Crippen LogP contribution in [0.4, 0.5) is 15.8 Å². The first kappa shape index (κ1) is 19.2. The molecule has 1 aromatic heterocycles. The number of amides is 2. The molecule has 2 aliphatic heterocycles. The van der Waals surface area contributed by atoms with Crippen LogP contribution in [-0.2, 0) is 4.79 Å². The predicted octanol–water partition coefficient (Wildman–Crippen LogP) is 1.46. The molecule has 0 N–H and O–H groups in total. The molecule has 0 unspecified atom stereocenters. The quantitative estimate of drug-likeness (QED) is 0.731. The molecule has 2 saturated heterocycles. The number of halogens is 1. The molecule has 1 aromatic carbocycles. The summed E-state index contributed by atoms with van der Waals surface area (Å²) < 4.78 is 13.1. The molecule has 152 valence electrons. The number of anilines is 2. The monoisotopic (exact) mass is 397 g/mol. The lowest BCUT2D eigenvalue weighted by Gasteiger charge is -2.37. The number of hydrogen-bond donors (Lipinski definition) is 0. The van der Waals surface area contributed by atoms with E-state index in [1.54, 1.807) is 22.1 Å². The second-order valence-corrected chi connectivity index (χ2v) is 7.29. The van der Waals surface area contributed by atoms with E-state index in [1.165, 1.54) is 12.1 Å². The molecule has 2 fully saturated rings. The standard InChI is InChI=1S/C21H24FN5O2/c22-17-1-3-18(4-2-17)25-11-13-26(14-12-25)19-5-6-20(23-15-19)21(29)27-9-7-24(16-28)8-10-27/h1-6,15-16H,7-14H2. The molecular weight excluding hydrogens is 373 g/mol. The third kappa shape index (κ3) is 4.31. The highest BCUT2D eigenvalue weighted by Crippen LogP contribution is 2.21. The molecule has 0 radical (unpaired) electrons. The molecule has 7 nitrogen and oxygen atoms in total. The van der Waals surface area contributed by atoms with Gasteiger partial charge in [-0.05, 0) is 36.4 Å². The lowest BCUT2D eigenvalue weighted by molar-refractivity contribution is -0.119. The van der Waals surface area contributed by atoms with Crippen molar-refractivity contribution in [2.45, 2.75) is 0 Å². The van der Waals surface area contributed by atoms with Gasteiger partial charge in [0.2, 0.25) is 6.41 Å². The van der Waals surface area contributed by atoms with Crippen molar-refractivity contribution in [1.29, 1.82) is 0 Å². The van der Waals surface area contributed by atoms with E-state index in [-0.39, 0.29) is 11.7 Å². The fourth-order valence-corrected chi connectivity index (χ4v) is 3.77. The van der Waals surface area contributed by atoms with Gasteiger partial charge >= 0.3 is 0 Å². The summed E-state index contributed by atoms with van der Waals surface area (Å²) in [6.07, 6.45) is 2.58. The third-order valence-corrected chi connectivity index (χ3v) is 5.55. The molecule has 3 heterocycles. The van der Waals surface area contributed by atoms with Gasteiger partial charge in [0.1, 0.15) is 11.5 Å². The maximum Gasteiger partial charge on any atom is 0.272 e. The summed E-state index contributed by atoms with van der Waals surface area (Å²) in [5, 5.41) is 0. The van der Waals surface area contributed by atoms with Gasteiger partial charge in [-0.1, -0.05) is 0 Å². The Hall–Kier alpha value is -3.16. The summed E-state index contributed by atoms with van der Waals surface area (Å²) in [6.45, 7) is 5.54. The van der Waals surface area contributed by atoms with Gasteiger partial charge in [0.15, 0.2) is 0 Å². The van der Waals surface area contributed by atoms with E-state index in [2.05, 4.69) is 14.8 Å². The number of carbonyl (C=O) groups excluding carboxylic acids is 2. The van der Waals surface area contributed by atoms with Crippen molar-refractivity contribution in [3.8, 4) is 0 Å². The average molecular weight is 397 g/mol. The van der Waals surface area contributed by atoms with Crippen LogP contribution in [0.1, 0.15) is 10.5 Å². The molecule has 0 saturated carbocycles. The van der Waals surface area contributed by atoms with Gasteiger partial charge in [-0.25, -0.2) is 9.37 Å². The number of benzene rings is 1. The van der Waals surface area contributed by atoms with Crippen molar-refractivity contribution >= 4 is 23.7 Å². The van der Waals surface area contributed by atoms with Crippen LogP contribution in [0.5, 0.6) is 0 Å². The zero-order chi connectivity index (χ0) is 20.2. The predicted molar refractivity (Wildman–Crippen MR) is 109 cm³/mol. The minimum Gasteiger partial charge on any atom is -0.368 e. The molecule has 8 heteroatoms. The lowest BCUT2D eigenvalue weighted by atomic mass is 10.2. The summed E-state index contributed by atoms with van der Waals surface area (Å²) in [7, 11) is 0. The van der Waals surface area contributed by atoms with E-state index >= 15 is 0 Å². The molecule has 2 amide bonds. The molecule has 2 aromatic rings. The minimum absolute atomic E-state index is 0.0942. The number of piperazine rings is 2. The summed E-state index contributed by atoms with van der Waals surface area (Å²) in [4.78, 5) is 35.7. The highest BCUT2D eigenvalue weighted by Gasteiger charge is 2.23. The molecule has 0 bridgehead atoms. The van der Waals surface area contributed by atoms with Crippen molar-refractivity contribution in [2.75, 3.05) is 62.2 Å². The van der Waals surface area contributed by atoms with Crippen LogP contribution in [-0.4, -0.2) is 79.5 Å². The lowest BCUT2D eigenvalue weighted by Crippen LogP contribution is -2.48. The summed E-state index contributed by atoms with van der Waals surface area (Å²) in [5.74, 6) is -0.318. The third-order valence-electron chi connectivity index (χ3n) is 5.55. The first-order valence-electron chi connectivity index (χ1n) is 9.84. The van der Waals surface area contributed by atoms with Crippen molar-refractivity contribution in [3.63, 3.8) is 0 Å². The fourth-order valence-electron chi connectivity index (χ4n) is 3.77. The molecule has 29 heavy (non-hydrogen) atoms. The molecular formula is C21H24FN5O2. The first-order chi connectivity index (χ1) is 14.1. The van der Waals surface area contributed by atoms with Gasteiger partial charge in [0.05, 0.1) is 11.9 Å². The molecule has 0 atom stereocenters. The Morgan fingerprint density at radius 3 is 1.97 bits per heavy atom. The van der Waals surface area contributed by atoms with Crippen LogP contribution in [0.3, 0.4) is 0 Å². The average Bonchev–Trinajstić information content (AvgIpc) is 2.79. The zero-order valence-electron chi connectivity index (χ0n) is 16.2. The van der Waals surface area contributed by atoms with Gasteiger partial charge in [0.25, 0.3) is 5.91 Å². The Morgan fingerprint density at radius 1 is 0.828 bits per heavy atom. The molecule has 2 aliphatic rings. The number of hydrogen-bond acceptors (Lipinski definition) is 5. The van der Waals surface area contributed by atoms with Crippen molar-refractivity contribution in [3.05, 3.63) is 54.1 Å². The Morgan fingerprint density at radius 2 is 1.41 bits per heavy atom. The molecule has 0 aliphatic carbocycles. The van der Waals surface area contributed by atoms with Crippen LogP contribution in [0, 0.1) is 5.82 Å². The number of rotatable bonds is 4. The van der Waals surface area contributed by atoms with Crippen LogP contribution < -0.4 is 9.80 Å².